The van der Waals surface area contributed by atoms with Crippen molar-refractivity contribution >= 4 is 44.8 Å². The molecule has 0 aliphatic heterocycles. The van der Waals surface area contributed by atoms with Crippen molar-refractivity contribution in [3.05, 3.63) is 49.3 Å². The molecule has 3 rings (SSSR count). The lowest BCUT2D eigenvalue weighted by atomic mass is 10.0. The molecule has 0 saturated carbocycles. The highest BCUT2D eigenvalue weighted by Gasteiger charge is 2.18. The van der Waals surface area contributed by atoms with E-state index in [1.54, 1.807) is 30.6 Å². The molecule has 1 N–H and O–H groups in total. The number of nitrogens with zero attached hydrogens (tertiary/aromatic N) is 1. The second-order valence-corrected chi connectivity index (χ2v) is 7.22. The Balaban J connectivity index is 2.23. The smallest absolute Gasteiger partial charge is 0.260 e. The molecule has 0 spiro atoms. The van der Waals surface area contributed by atoms with Crippen molar-refractivity contribution in [2.45, 2.75) is 19.8 Å². The predicted octanol–water partition coefficient (Wildman–Crippen LogP) is 4.71. The monoisotopic (exact) mass is 382 g/mol. The fourth-order valence-electron chi connectivity index (χ4n) is 2.62. The number of hydrogen-bond acceptors (Lipinski definition) is 4. The highest BCUT2D eigenvalue weighted by Crippen LogP contribution is 2.38. The summed E-state index contributed by atoms with van der Waals surface area (Å²) in [4.78, 5) is 21.9. The zero-order valence-electron chi connectivity index (χ0n) is 13.3. The van der Waals surface area contributed by atoms with Crippen LogP contribution in [0, 0.1) is 0 Å². The number of fused-ring (bicyclic) bond motifs is 1. The molecule has 3 aromatic rings. The topological polar surface area (TPSA) is 55.0 Å². The van der Waals surface area contributed by atoms with E-state index in [-0.39, 0.29) is 5.56 Å². The molecule has 0 bridgehead atoms. The molecule has 2 aromatic heterocycles. The Kier molecular flexibility index (Phi) is 5.25. The van der Waals surface area contributed by atoms with E-state index in [1.807, 2.05) is 6.07 Å². The fraction of sp³-hybridized carbons (Fsp3) is 0.294. The number of halogens is 2. The summed E-state index contributed by atoms with van der Waals surface area (Å²) >= 11 is 13.7. The number of benzene rings is 1. The van der Waals surface area contributed by atoms with Crippen LogP contribution in [0.2, 0.25) is 10.0 Å². The Hall–Kier alpha value is -1.40. The zero-order chi connectivity index (χ0) is 17.3. The molecule has 1 aromatic carbocycles. The molecule has 7 heteroatoms. The van der Waals surface area contributed by atoms with Crippen LogP contribution in [-0.4, -0.2) is 23.7 Å². The lowest BCUT2D eigenvalue weighted by Crippen LogP contribution is -2.12. The summed E-state index contributed by atoms with van der Waals surface area (Å²) in [5, 5.41) is 1.57. The first kappa shape index (κ1) is 17.4. The van der Waals surface area contributed by atoms with E-state index in [4.69, 9.17) is 27.9 Å². The van der Waals surface area contributed by atoms with E-state index in [0.717, 1.165) is 27.3 Å². The van der Waals surface area contributed by atoms with Gasteiger partial charge in [0.1, 0.15) is 10.7 Å². The average Bonchev–Trinajstić information content (AvgIpc) is 2.94. The van der Waals surface area contributed by atoms with Crippen LogP contribution in [0.15, 0.2) is 23.0 Å². The number of methoxy groups -OCH3 is 1. The highest BCUT2D eigenvalue weighted by molar-refractivity contribution is 7.19. The molecule has 0 amide bonds. The Morgan fingerprint density at radius 2 is 2.08 bits per heavy atom. The number of H-pyrrole nitrogens is 1. The molecule has 4 nitrogen and oxygen atoms in total. The van der Waals surface area contributed by atoms with Crippen molar-refractivity contribution in [1.29, 1.82) is 0 Å². The van der Waals surface area contributed by atoms with Crippen LogP contribution in [0.1, 0.15) is 17.6 Å². The van der Waals surface area contributed by atoms with Gasteiger partial charge in [-0.15, -0.1) is 11.3 Å². The third-order valence-electron chi connectivity index (χ3n) is 3.76. The maximum atomic E-state index is 12.6. The minimum Gasteiger partial charge on any atom is -0.384 e. The lowest BCUT2D eigenvalue weighted by molar-refractivity contribution is 0.200. The van der Waals surface area contributed by atoms with Crippen LogP contribution in [0.5, 0.6) is 0 Å². The molecule has 0 aliphatic rings. The second kappa shape index (κ2) is 7.23. The van der Waals surface area contributed by atoms with E-state index in [1.165, 1.54) is 0 Å². The minimum atomic E-state index is -0.136. The maximum Gasteiger partial charge on any atom is 0.260 e. The number of hydrogen-bond donors (Lipinski definition) is 1. The fourth-order valence-corrected chi connectivity index (χ4v) is 4.07. The van der Waals surface area contributed by atoms with Gasteiger partial charge < -0.3 is 9.72 Å². The molecular weight excluding hydrogens is 367 g/mol. The molecule has 2 heterocycles. The van der Waals surface area contributed by atoms with Crippen molar-refractivity contribution in [1.82, 2.24) is 9.97 Å². The molecule has 24 heavy (non-hydrogen) atoms. The van der Waals surface area contributed by atoms with Gasteiger partial charge in [-0.1, -0.05) is 36.2 Å². The molecule has 126 valence electrons. The van der Waals surface area contributed by atoms with Crippen LogP contribution >= 0.6 is 34.5 Å². The summed E-state index contributed by atoms with van der Waals surface area (Å²) in [5.41, 5.74) is 1.63. The van der Waals surface area contributed by atoms with Crippen LogP contribution < -0.4 is 5.56 Å². The normalized spacial score (nSPS) is 11.3. The molecule has 0 saturated heterocycles. The van der Waals surface area contributed by atoms with Gasteiger partial charge in [-0.05, 0) is 24.1 Å². The molecule has 0 aliphatic carbocycles. The van der Waals surface area contributed by atoms with Gasteiger partial charge in [-0.3, -0.25) is 4.79 Å². The Morgan fingerprint density at radius 1 is 1.29 bits per heavy atom. The third-order valence-corrected chi connectivity index (χ3v) is 5.72. The SMILES string of the molecule is CCc1sc2nc(CCOC)[nH]c(=O)c2c1-c1ccc(Cl)c(Cl)c1. The van der Waals surface area contributed by atoms with Gasteiger partial charge in [0, 0.05) is 24.0 Å². The van der Waals surface area contributed by atoms with Crippen molar-refractivity contribution in [2.75, 3.05) is 13.7 Å². The van der Waals surface area contributed by atoms with Crippen molar-refractivity contribution in [3.8, 4) is 11.1 Å². The number of aromatic nitrogens is 2. The Bertz CT molecular complexity index is 950. The molecule has 0 unspecified atom stereocenters. The summed E-state index contributed by atoms with van der Waals surface area (Å²) in [6, 6.07) is 5.42. The number of rotatable bonds is 5. The van der Waals surface area contributed by atoms with E-state index in [9.17, 15) is 4.79 Å². The van der Waals surface area contributed by atoms with Crippen molar-refractivity contribution in [2.24, 2.45) is 0 Å². The predicted molar refractivity (Wildman–Crippen MR) is 101 cm³/mol. The Labute approximate surface area is 153 Å². The van der Waals surface area contributed by atoms with Crippen molar-refractivity contribution in [3.63, 3.8) is 0 Å². The molecular formula is C17H16Cl2N2O2S. The van der Waals surface area contributed by atoms with Gasteiger partial charge >= 0.3 is 0 Å². The number of aryl methyl sites for hydroxylation is 1. The quantitative estimate of drug-likeness (QED) is 0.694. The van der Waals surface area contributed by atoms with E-state index >= 15 is 0 Å². The third kappa shape index (κ3) is 3.22. The van der Waals surface area contributed by atoms with E-state index < -0.39 is 0 Å². The van der Waals surface area contributed by atoms with Crippen LogP contribution in [0.25, 0.3) is 21.3 Å². The first-order valence-electron chi connectivity index (χ1n) is 7.54. The minimum absolute atomic E-state index is 0.136. The summed E-state index contributed by atoms with van der Waals surface area (Å²) < 4.78 is 5.06. The van der Waals surface area contributed by atoms with Gasteiger partial charge in [0.05, 0.1) is 22.0 Å². The largest absolute Gasteiger partial charge is 0.384 e. The van der Waals surface area contributed by atoms with E-state index in [2.05, 4.69) is 16.9 Å². The van der Waals surface area contributed by atoms with Crippen LogP contribution in [0.4, 0.5) is 0 Å². The first-order chi connectivity index (χ1) is 11.5. The van der Waals surface area contributed by atoms with Gasteiger partial charge in [-0.25, -0.2) is 4.98 Å². The lowest BCUT2D eigenvalue weighted by Gasteiger charge is -2.05. The second-order valence-electron chi connectivity index (χ2n) is 5.32. The maximum absolute atomic E-state index is 12.6. The number of nitrogens with one attached hydrogen (secondary N) is 1. The molecule has 0 radical (unpaired) electrons. The van der Waals surface area contributed by atoms with Crippen LogP contribution in [0.3, 0.4) is 0 Å². The summed E-state index contributed by atoms with van der Waals surface area (Å²) in [5.74, 6) is 0.638. The van der Waals surface area contributed by atoms with Crippen molar-refractivity contribution < 1.29 is 4.74 Å². The van der Waals surface area contributed by atoms with Gasteiger partial charge in [0.25, 0.3) is 5.56 Å². The summed E-state index contributed by atoms with van der Waals surface area (Å²) in [6.45, 7) is 2.58. The zero-order valence-corrected chi connectivity index (χ0v) is 15.6. The Morgan fingerprint density at radius 3 is 2.75 bits per heavy atom. The standard InChI is InChI=1S/C17H16Cl2N2O2S/c1-3-12-14(9-4-5-10(18)11(19)8-9)15-16(22)20-13(6-7-23-2)21-17(15)24-12/h4-5,8H,3,6-7H2,1-2H3,(H,20,21,22). The first-order valence-corrected chi connectivity index (χ1v) is 9.11. The van der Waals surface area contributed by atoms with Gasteiger partial charge in [-0.2, -0.15) is 0 Å². The van der Waals surface area contributed by atoms with Crippen LogP contribution in [-0.2, 0) is 17.6 Å². The van der Waals surface area contributed by atoms with E-state index in [0.29, 0.717) is 34.3 Å². The summed E-state index contributed by atoms with van der Waals surface area (Å²) in [7, 11) is 1.62. The van der Waals surface area contributed by atoms with Gasteiger partial charge in [0.15, 0.2) is 0 Å². The number of ether oxygens (including phenoxy) is 1. The summed E-state index contributed by atoms with van der Waals surface area (Å²) in [6.07, 6.45) is 1.38. The average molecular weight is 383 g/mol. The molecule has 0 fully saturated rings. The molecule has 0 atom stereocenters. The number of thiophene rings is 1. The highest BCUT2D eigenvalue weighted by atomic mass is 35.5. The number of aromatic amines is 1. The van der Waals surface area contributed by atoms with Gasteiger partial charge in [0.2, 0.25) is 0 Å².